The third kappa shape index (κ3) is 2.24. The minimum atomic E-state index is -0.412. The second-order valence-electron chi connectivity index (χ2n) is 6.42. The molecule has 2 aliphatic rings. The van der Waals surface area contributed by atoms with Crippen molar-refractivity contribution in [3.05, 3.63) is 47.5 Å². The van der Waals surface area contributed by atoms with Crippen LogP contribution in [0.5, 0.6) is 0 Å². The zero-order chi connectivity index (χ0) is 15.2. The third-order valence-corrected chi connectivity index (χ3v) is 4.24. The number of benzene rings is 1. The number of rotatable bonds is 2. The molecule has 0 aromatic heterocycles. The second kappa shape index (κ2) is 4.72. The Bertz CT molecular complexity index is 619. The van der Waals surface area contributed by atoms with Crippen LogP contribution in [-0.4, -0.2) is 33.3 Å². The van der Waals surface area contributed by atoms with Gasteiger partial charge >= 0.3 is 11.8 Å². The van der Waals surface area contributed by atoms with Crippen molar-refractivity contribution in [3.63, 3.8) is 0 Å². The second-order valence-corrected chi connectivity index (χ2v) is 6.42. The van der Waals surface area contributed by atoms with Gasteiger partial charge in [0, 0.05) is 13.0 Å². The van der Waals surface area contributed by atoms with Crippen LogP contribution in [0.3, 0.4) is 0 Å². The predicted molar refractivity (Wildman–Crippen MR) is 80.1 cm³/mol. The van der Waals surface area contributed by atoms with Crippen LogP contribution >= 0.6 is 0 Å². The summed E-state index contributed by atoms with van der Waals surface area (Å²) in [6, 6.07) is 9.81. The molecule has 0 saturated carbocycles. The lowest BCUT2D eigenvalue weighted by molar-refractivity contribution is -0.144. The Morgan fingerprint density at radius 1 is 1.14 bits per heavy atom. The van der Waals surface area contributed by atoms with Crippen molar-refractivity contribution >= 4 is 11.8 Å². The van der Waals surface area contributed by atoms with Gasteiger partial charge in [0.05, 0.1) is 5.54 Å². The summed E-state index contributed by atoms with van der Waals surface area (Å²) in [5, 5.41) is 0. The summed E-state index contributed by atoms with van der Waals surface area (Å²) in [7, 11) is 0. The maximum atomic E-state index is 12.4. The summed E-state index contributed by atoms with van der Waals surface area (Å²) >= 11 is 0. The number of hydrogen-bond donors (Lipinski definition) is 0. The fraction of sp³-hybridized carbons (Fsp3) is 0.412. The average molecular weight is 284 g/mol. The smallest absolute Gasteiger partial charge is 0.309 e. The molecule has 1 aromatic carbocycles. The van der Waals surface area contributed by atoms with Crippen LogP contribution in [0.25, 0.3) is 0 Å². The van der Waals surface area contributed by atoms with Crippen molar-refractivity contribution in [3.8, 4) is 0 Å². The van der Waals surface area contributed by atoms with Crippen molar-refractivity contribution in [2.75, 3.05) is 0 Å². The van der Waals surface area contributed by atoms with E-state index in [0.717, 1.165) is 12.0 Å². The normalized spacial score (nSPS) is 24.1. The molecule has 1 atom stereocenters. The topological polar surface area (TPSA) is 40.6 Å². The van der Waals surface area contributed by atoms with Gasteiger partial charge in [0.2, 0.25) is 0 Å². The Balaban J connectivity index is 1.94. The summed E-state index contributed by atoms with van der Waals surface area (Å²) in [6.07, 6.45) is 2.65. The zero-order valence-corrected chi connectivity index (χ0v) is 12.7. The van der Waals surface area contributed by atoms with Gasteiger partial charge in [0.15, 0.2) is 0 Å². The van der Waals surface area contributed by atoms with Crippen molar-refractivity contribution < 1.29 is 9.59 Å². The molecule has 4 heteroatoms. The van der Waals surface area contributed by atoms with Crippen LogP contribution in [0.1, 0.15) is 32.8 Å². The molecule has 1 aromatic rings. The van der Waals surface area contributed by atoms with Crippen molar-refractivity contribution in [1.82, 2.24) is 9.80 Å². The van der Waals surface area contributed by atoms with Gasteiger partial charge in [-0.1, -0.05) is 42.0 Å². The highest BCUT2D eigenvalue weighted by molar-refractivity contribution is 6.37. The van der Waals surface area contributed by atoms with E-state index in [1.165, 1.54) is 5.57 Å². The summed E-state index contributed by atoms with van der Waals surface area (Å²) in [4.78, 5) is 28.2. The molecule has 2 aliphatic heterocycles. The lowest BCUT2D eigenvalue weighted by Crippen LogP contribution is -2.53. The zero-order valence-electron chi connectivity index (χ0n) is 12.7. The number of carbonyl (C=O) groups is 2. The molecule has 0 spiro atoms. The first-order valence-electron chi connectivity index (χ1n) is 7.27. The van der Waals surface area contributed by atoms with Crippen molar-refractivity contribution in [2.45, 2.75) is 45.4 Å². The van der Waals surface area contributed by atoms with Crippen LogP contribution in [0.2, 0.25) is 0 Å². The maximum Gasteiger partial charge on any atom is 0.314 e. The van der Waals surface area contributed by atoms with Gasteiger partial charge in [0.25, 0.3) is 0 Å². The molecule has 21 heavy (non-hydrogen) atoms. The first-order chi connectivity index (χ1) is 9.90. The number of carbonyl (C=O) groups excluding carboxylic acids is 2. The molecule has 0 bridgehead atoms. The summed E-state index contributed by atoms with van der Waals surface area (Å²) in [5.74, 6) is -0.773. The SMILES string of the molecule is CC1=CC(C)(C)N2C(=O)C(=O)N(Cc3ccccc3)C2C1. The predicted octanol–water partition coefficient (Wildman–Crippen LogP) is 2.31. The van der Waals surface area contributed by atoms with Crippen LogP contribution in [0, 0.1) is 0 Å². The minimum absolute atomic E-state index is 0.162. The summed E-state index contributed by atoms with van der Waals surface area (Å²) in [6.45, 7) is 6.52. The standard InChI is InChI=1S/C17H20N2O2/c1-12-9-14-18(11-13-7-5-4-6-8-13)15(20)16(21)19(14)17(2,3)10-12/h4-8,10,14H,9,11H2,1-3H3. The Labute approximate surface area is 125 Å². The van der Waals surface area contributed by atoms with E-state index in [1.807, 2.05) is 44.2 Å². The fourth-order valence-electron chi connectivity index (χ4n) is 3.46. The Hall–Kier alpha value is -2.10. The third-order valence-electron chi connectivity index (χ3n) is 4.24. The quantitative estimate of drug-likeness (QED) is 0.617. The van der Waals surface area contributed by atoms with Crippen LogP contribution < -0.4 is 0 Å². The molecule has 0 aliphatic carbocycles. The molecule has 1 unspecified atom stereocenters. The van der Waals surface area contributed by atoms with Gasteiger partial charge in [-0.2, -0.15) is 0 Å². The monoisotopic (exact) mass is 284 g/mol. The van der Waals surface area contributed by atoms with Crippen LogP contribution in [0.15, 0.2) is 42.0 Å². The Morgan fingerprint density at radius 2 is 1.81 bits per heavy atom. The Morgan fingerprint density at radius 3 is 2.48 bits per heavy atom. The lowest BCUT2D eigenvalue weighted by Gasteiger charge is -2.43. The summed E-state index contributed by atoms with van der Waals surface area (Å²) in [5.41, 5.74) is 1.86. The Kier molecular flexibility index (Phi) is 3.12. The van der Waals surface area contributed by atoms with Crippen LogP contribution in [0.4, 0.5) is 0 Å². The van der Waals surface area contributed by atoms with E-state index < -0.39 is 5.54 Å². The molecule has 0 N–H and O–H groups in total. The highest BCUT2D eigenvalue weighted by Gasteiger charge is 2.51. The molecule has 110 valence electrons. The molecule has 2 heterocycles. The molecule has 1 saturated heterocycles. The van der Waals surface area contributed by atoms with Gasteiger partial charge in [0.1, 0.15) is 6.17 Å². The van der Waals surface area contributed by atoms with Gasteiger partial charge in [-0.25, -0.2) is 0 Å². The van der Waals surface area contributed by atoms with E-state index in [-0.39, 0.29) is 18.0 Å². The summed E-state index contributed by atoms with van der Waals surface area (Å²) < 4.78 is 0. The highest BCUT2D eigenvalue weighted by atomic mass is 16.2. The first kappa shape index (κ1) is 13.9. The van der Waals surface area contributed by atoms with E-state index in [2.05, 4.69) is 13.0 Å². The molecule has 2 amide bonds. The number of fused-ring (bicyclic) bond motifs is 1. The molecular formula is C17H20N2O2. The van der Waals surface area contributed by atoms with E-state index in [4.69, 9.17) is 0 Å². The highest BCUT2D eigenvalue weighted by Crippen LogP contribution is 2.36. The van der Waals surface area contributed by atoms with E-state index in [0.29, 0.717) is 6.54 Å². The fourth-order valence-corrected chi connectivity index (χ4v) is 3.46. The van der Waals surface area contributed by atoms with Gasteiger partial charge in [-0.05, 0) is 26.3 Å². The van der Waals surface area contributed by atoms with Gasteiger partial charge in [-0.15, -0.1) is 0 Å². The molecule has 1 fully saturated rings. The average Bonchev–Trinajstić information content (AvgIpc) is 2.64. The van der Waals surface area contributed by atoms with E-state index in [1.54, 1.807) is 9.80 Å². The van der Waals surface area contributed by atoms with Crippen LogP contribution in [-0.2, 0) is 16.1 Å². The molecule has 0 radical (unpaired) electrons. The maximum absolute atomic E-state index is 12.4. The molecular weight excluding hydrogens is 264 g/mol. The van der Waals surface area contributed by atoms with Gasteiger partial charge < -0.3 is 9.80 Å². The molecule has 4 nitrogen and oxygen atoms in total. The van der Waals surface area contributed by atoms with Gasteiger partial charge in [-0.3, -0.25) is 9.59 Å². The van der Waals surface area contributed by atoms with Crippen molar-refractivity contribution in [2.24, 2.45) is 0 Å². The number of hydrogen-bond acceptors (Lipinski definition) is 2. The van der Waals surface area contributed by atoms with Crippen molar-refractivity contribution in [1.29, 1.82) is 0 Å². The number of nitrogens with zero attached hydrogens (tertiary/aromatic N) is 2. The first-order valence-corrected chi connectivity index (χ1v) is 7.27. The van der Waals surface area contributed by atoms with E-state index in [9.17, 15) is 9.59 Å². The lowest BCUT2D eigenvalue weighted by atomic mass is 9.91. The largest absolute Gasteiger partial charge is 0.314 e. The number of amides is 2. The minimum Gasteiger partial charge on any atom is -0.309 e. The van der Waals surface area contributed by atoms with E-state index >= 15 is 0 Å². The molecule has 3 rings (SSSR count).